The van der Waals surface area contributed by atoms with Gasteiger partial charge in [-0.05, 0) is 64.2 Å². The Balaban J connectivity index is 2.29. The Hall–Kier alpha value is -1.89. The Morgan fingerprint density at radius 3 is 1.37 bits per heavy atom. The Labute approximate surface area is 416 Å². The first-order valence-electron chi connectivity index (χ1n) is 28.5. The normalized spacial score (nSPS) is 20.4. The summed E-state index contributed by atoms with van der Waals surface area (Å²) in [6, 6.07) is -1.000. The molecular formula is C58H107NO9. The summed E-state index contributed by atoms with van der Waals surface area (Å²) in [4.78, 5) is 13.1. The van der Waals surface area contributed by atoms with Crippen molar-refractivity contribution in [3.05, 3.63) is 48.6 Å². The van der Waals surface area contributed by atoms with E-state index in [4.69, 9.17) is 9.47 Å². The van der Waals surface area contributed by atoms with Crippen LogP contribution in [0.5, 0.6) is 0 Å². The molecule has 1 fully saturated rings. The molecule has 8 atom stereocenters. The molecule has 0 bridgehead atoms. The van der Waals surface area contributed by atoms with Crippen LogP contribution in [-0.4, -0.2) is 98.7 Å². The van der Waals surface area contributed by atoms with Crippen molar-refractivity contribution in [2.45, 2.75) is 300 Å². The van der Waals surface area contributed by atoms with Gasteiger partial charge in [0.25, 0.3) is 0 Å². The summed E-state index contributed by atoms with van der Waals surface area (Å²) in [5, 5.41) is 65.0. The number of rotatable bonds is 48. The summed E-state index contributed by atoms with van der Waals surface area (Å²) in [7, 11) is 0. The van der Waals surface area contributed by atoms with Gasteiger partial charge in [-0.3, -0.25) is 4.79 Å². The number of hydrogen-bond donors (Lipinski definition) is 7. The van der Waals surface area contributed by atoms with Crippen LogP contribution in [0.3, 0.4) is 0 Å². The number of carbonyl (C=O) groups excluding carboxylic acids is 1. The fourth-order valence-electron chi connectivity index (χ4n) is 8.86. The van der Waals surface area contributed by atoms with E-state index in [0.29, 0.717) is 19.3 Å². The van der Waals surface area contributed by atoms with E-state index in [9.17, 15) is 35.4 Å². The minimum absolute atomic E-state index is 0.299. The molecule has 0 aromatic rings. The second-order valence-electron chi connectivity index (χ2n) is 19.9. The van der Waals surface area contributed by atoms with E-state index in [1.54, 1.807) is 6.08 Å². The maximum atomic E-state index is 13.1. The fraction of sp³-hybridized carbons (Fsp3) is 0.845. The number of aliphatic hydroxyl groups excluding tert-OH is 6. The van der Waals surface area contributed by atoms with Gasteiger partial charge in [-0.25, -0.2) is 0 Å². The van der Waals surface area contributed by atoms with Gasteiger partial charge < -0.3 is 45.4 Å². The van der Waals surface area contributed by atoms with E-state index in [1.165, 1.54) is 180 Å². The van der Waals surface area contributed by atoms with Gasteiger partial charge in [-0.1, -0.05) is 236 Å². The van der Waals surface area contributed by atoms with Gasteiger partial charge in [0.05, 0.1) is 25.4 Å². The first kappa shape index (κ1) is 64.1. The van der Waals surface area contributed by atoms with Gasteiger partial charge in [0, 0.05) is 0 Å². The molecule has 10 heteroatoms. The quantitative estimate of drug-likeness (QED) is 0.0232. The van der Waals surface area contributed by atoms with Crippen LogP contribution in [0.4, 0.5) is 0 Å². The molecule has 1 aliphatic heterocycles. The predicted molar refractivity (Wildman–Crippen MR) is 282 cm³/mol. The number of nitrogens with one attached hydrogen (secondary N) is 1. The third kappa shape index (κ3) is 36.1. The highest BCUT2D eigenvalue weighted by molar-refractivity contribution is 5.80. The van der Waals surface area contributed by atoms with Crippen molar-refractivity contribution in [3.63, 3.8) is 0 Å². The lowest BCUT2D eigenvalue weighted by Crippen LogP contribution is -2.60. The number of carbonyl (C=O) groups is 1. The molecule has 1 heterocycles. The Morgan fingerprint density at radius 1 is 0.515 bits per heavy atom. The molecule has 0 saturated carbocycles. The first-order valence-corrected chi connectivity index (χ1v) is 28.5. The molecule has 1 rings (SSSR count). The number of hydrogen-bond acceptors (Lipinski definition) is 9. The lowest BCUT2D eigenvalue weighted by atomic mass is 9.99. The Morgan fingerprint density at radius 2 is 0.912 bits per heavy atom. The lowest BCUT2D eigenvalue weighted by Gasteiger charge is -2.40. The van der Waals surface area contributed by atoms with Crippen molar-refractivity contribution in [1.29, 1.82) is 0 Å². The minimum Gasteiger partial charge on any atom is -0.394 e. The summed E-state index contributed by atoms with van der Waals surface area (Å²) in [6.45, 7) is 3.61. The topological polar surface area (TPSA) is 169 Å². The monoisotopic (exact) mass is 962 g/mol. The third-order valence-corrected chi connectivity index (χ3v) is 13.5. The molecule has 0 radical (unpaired) electrons. The van der Waals surface area contributed by atoms with E-state index in [1.807, 2.05) is 6.08 Å². The smallest absolute Gasteiger partial charge is 0.249 e. The second-order valence-corrected chi connectivity index (χ2v) is 19.9. The second kappa shape index (κ2) is 47.4. The van der Waals surface area contributed by atoms with Gasteiger partial charge in [0.2, 0.25) is 5.91 Å². The number of amides is 1. The molecular weight excluding hydrogens is 855 g/mol. The highest BCUT2D eigenvalue weighted by Crippen LogP contribution is 2.23. The number of ether oxygens (including phenoxy) is 2. The molecule has 1 aliphatic rings. The summed E-state index contributed by atoms with van der Waals surface area (Å²) >= 11 is 0. The average Bonchev–Trinajstić information content (AvgIpc) is 3.34. The zero-order valence-electron chi connectivity index (χ0n) is 43.7. The molecule has 0 aromatic carbocycles. The van der Waals surface area contributed by atoms with Crippen molar-refractivity contribution in [3.8, 4) is 0 Å². The van der Waals surface area contributed by atoms with Crippen LogP contribution in [-0.2, 0) is 14.3 Å². The highest BCUT2D eigenvalue weighted by atomic mass is 16.7. The van der Waals surface area contributed by atoms with Crippen LogP contribution in [0.25, 0.3) is 0 Å². The van der Waals surface area contributed by atoms with Gasteiger partial charge in [-0.2, -0.15) is 0 Å². The summed E-state index contributed by atoms with van der Waals surface area (Å²) < 4.78 is 11.2. The largest absolute Gasteiger partial charge is 0.394 e. The van der Waals surface area contributed by atoms with Crippen molar-refractivity contribution < 1.29 is 44.9 Å². The Kier molecular flexibility index (Phi) is 44.7. The zero-order chi connectivity index (χ0) is 49.6. The molecule has 0 aromatic heterocycles. The molecule has 1 saturated heterocycles. The van der Waals surface area contributed by atoms with E-state index in [-0.39, 0.29) is 6.61 Å². The zero-order valence-corrected chi connectivity index (χ0v) is 43.7. The van der Waals surface area contributed by atoms with Gasteiger partial charge >= 0.3 is 0 Å². The standard InChI is InChI=1S/C58H107NO9/c1-3-5-7-9-11-13-15-17-19-21-22-23-24-25-26-27-28-29-31-33-35-37-39-41-43-45-47-52(62)57(66)59-50(49-67-58-56(65)55(64)54(63)53(48-60)68-58)51(61)46-44-42-40-38-36-34-32-30-20-18-16-14-12-10-8-6-4-2/h22-23,25-26,36,38,44,46,50-56,58,60-65H,3-21,24,27-35,37,39-43,45,47-49H2,1-2H3,(H,59,66)/b23-22-,26-25-,38-36+,46-44+. The maximum Gasteiger partial charge on any atom is 0.249 e. The van der Waals surface area contributed by atoms with E-state index in [0.717, 1.165) is 38.5 Å². The summed E-state index contributed by atoms with van der Waals surface area (Å²) in [5.41, 5.74) is 0. The van der Waals surface area contributed by atoms with Crippen LogP contribution < -0.4 is 5.32 Å². The number of unbranched alkanes of at least 4 members (excludes halogenated alkanes) is 31. The number of allylic oxidation sites excluding steroid dienone is 7. The highest BCUT2D eigenvalue weighted by Gasteiger charge is 2.44. The Bertz CT molecular complexity index is 1220. The fourth-order valence-corrected chi connectivity index (χ4v) is 8.86. The molecule has 0 spiro atoms. The molecule has 1 amide bonds. The van der Waals surface area contributed by atoms with Crippen molar-refractivity contribution >= 4 is 5.91 Å². The molecule has 10 nitrogen and oxygen atoms in total. The van der Waals surface area contributed by atoms with E-state index < -0.39 is 61.5 Å². The third-order valence-electron chi connectivity index (χ3n) is 13.5. The van der Waals surface area contributed by atoms with Crippen molar-refractivity contribution in [2.75, 3.05) is 13.2 Å². The molecule has 0 aliphatic carbocycles. The first-order chi connectivity index (χ1) is 33.3. The van der Waals surface area contributed by atoms with Crippen molar-refractivity contribution in [2.24, 2.45) is 0 Å². The minimum atomic E-state index is -1.62. The van der Waals surface area contributed by atoms with Crippen LogP contribution in [0.1, 0.15) is 251 Å². The molecule has 8 unspecified atom stereocenters. The van der Waals surface area contributed by atoms with Gasteiger partial charge in [0.1, 0.15) is 30.5 Å². The van der Waals surface area contributed by atoms with E-state index in [2.05, 4.69) is 55.6 Å². The van der Waals surface area contributed by atoms with Crippen molar-refractivity contribution in [1.82, 2.24) is 5.32 Å². The van der Waals surface area contributed by atoms with Gasteiger partial charge in [0.15, 0.2) is 6.29 Å². The van der Waals surface area contributed by atoms with Gasteiger partial charge in [-0.15, -0.1) is 0 Å². The van der Waals surface area contributed by atoms with Crippen LogP contribution in [0.2, 0.25) is 0 Å². The molecule has 398 valence electrons. The maximum absolute atomic E-state index is 13.1. The summed E-state index contributed by atoms with van der Waals surface area (Å²) in [5.74, 6) is -0.628. The molecule has 7 N–H and O–H groups in total. The molecule has 68 heavy (non-hydrogen) atoms. The van der Waals surface area contributed by atoms with Crippen LogP contribution >= 0.6 is 0 Å². The number of aliphatic hydroxyl groups is 6. The van der Waals surface area contributed by atoms with E-state index >= 15 is 0 Å². The van der Waals surface area contributed by atoms with Crippen LogP contribution in [0.15, 0.2) is 48.6 Å². The summed E-state index contributed by atoms with van der Waals surface area (Å²) in [6.07, 6.45) is 52.1. The average molecular weight is 962 g/mol. The predicted octanol–water partition coefficient (Wildman–Crippen LogP) is 12.7. The lowest BCUT2D eigenvalue weighted by molar-refractivity contribution is -0.302. The van der Waals surface area contributed by atoms with Crippen LogP contribution in [0, 0.1) is 0 Å². The SMILES string of the molecule is CCCCCCCCCCC/C=C\C/C=C\CCCCCCCCCCCCC(O)C(=O)NC(COC1OC(CO)C(O)C(O)C1O)C(O)/C=C/CC/C=C/CCCCCCCCCCCCC.